The molecule has 2 aromatic carbocycles. The number of hydrogen-bond acceptors (Lipinski definition) is 5. The molecule has 0 radical (unpaired) electrons. The minimum absolute atomic E-state index is 0.0409. The molecule has 6 heteroatoms. The highest BCUT2D eigenvalue weighted by Gasteiger charge is 2.11. The Balaban J connectivity index is 1.94. The van der Waals surface area contributed by atoms with Gasteiger partial charge in [0.15, 0.2) is 5.16 Å². The summed E-state index contributed by atoms with van der Waals surface area (Å²) in [5, 5.41) is 10.4. The van der Waals surface area contributed by atoms with Crippen molar-refractivity contribution in [2.24, 2.45) is 0 Å². The molecule has 0 atom stereocenters. The second-order valence-corrected chi connectivity index (χ2v) is 6.53. The van der Waals surface area contributed by atoms with Gasteiger partial charge < -0.3 is 9.84 Å². The number of thioether (sulfide) groups is 1. The number of benzene rings is 2. The third kappa shape index (κ3) is 4.03. The molecule has 5 nitrogen and oxygen atoms in total. The molecule has 0 spiro atoms. The summed E-state index contributed by atoms with van der Waals surface area (Å²) in [6.07, 6.45) is 0.520. The summed E-state index contributed by atoms with van der Waals surface area (Å²) in [7, 11) is 1.64. The lowest BCUT2D eigenvalue weighted by atomic mass is 10.2. The van der Waals surface area contributed by atoms with Crippen molar-refractivity contribution in [3.63, 3.8) is 0 Å². The maximum atomic E-state index is 12.8. The third-order valence-corrected chi connectivity index (χ3v) is 4.92. The molecule has 3 aromatic rings. The highest BCUT2D eigenvalue weighted by molar-refractivity contribution is 7.98. The van der Waals surface area contributed by atoms with Crippen LogP contribution in [0.25, 0.3) is 10.9 Å². The maximum Gasteiger partial charge on any atom is 0.262 e. The zero-order valence-electron chi connectivity index (χ0n) is 14.0. The van der Waals surface area contributed by atoms with Crippen LogP contribution in [0.1, 0.15) is 12.0 Å². The van der Waals surface area contributed by atoms with Crippen LogP contribution in [0.4, 0.5) is 0 Å². The molecule has 0 aliphatic rings. The number of nitrogens with zero attached hydrogens (tertiary/aromatic N) is 2. The Morgan fingerprint density at radius 3 is 2.84 bits per heavy atom. The lowest BCUT2D eigenvalue weighted by Crippen LogP contribution is -2.24. The fraction of sp³-hybridized carbons (Fsp3) is 0.263. The van der Waals surface area contributed by atoms with E-state index in [0.29, 0.717) is 34.8 Å². The number of ether oxygens (including phenoxy) is 1. The number of aliphatic hydroxyl groups excluding tert-OH is 1. The summed E-state index contributed by atoms with van der Waals surface area (Å²) in [6, 6.07) is 15.2. The number of rotatable bonds is 7. The van der Waals surface area contributed by atoms with E-state index in [2.05, 4.69) is 4.98 Å². The van der Waals surface area contributed by atoms with E-state index in [1.54, 1.807) is 17.7 Å². The molecular weight excluding hydrogens is 336 g/mol. The molecule has 0 fully saturated rings. The first-order valence-electron chi connectivity index (χ1n) is 8.09. The van der Waals surface area contributed by atoms with Crippen LogP contribution in [0, 0.1) is 0 Å². The van der Waals surface area contributed by atoms with E-state index in [-0.39, 0.29) is 12.2 Å². The van der Waals surface area contributed by atoms with E-state index in [1.165, 1.54) is 11.8 Å². The van der Waals surface area contributed by atoms with Crippen LogP contribution in [-0.2, 0) is 12.3 Å². The van der Waals surface area contributed by atoms with Gasteiger partial charge >= 0.3 is 0 Å². The van der Waals surface area contributed by atoms with Gasteiger partial charge in [0.05, 0.1) is 18.0 Å². The van der Waals surface area contributed by atoms with Crippen molar-refractivity contribution in [2.45, 2.75) is 23.9 Å². The monoisotopic (exact) mass is 356 g/mol. The van der Waals surface area contributed by atoms with Crippen molar-refractivity contribution >= 4 is 22.7 Å². The van der Waals surface area contributed by atoms with Gasteiger partial charge in [-0.2, -0.15) is 0 Å². The third-order valence-electron chi connectivity index (χ3n) is 3.87. The SMILES string of the molecule is COc1cccc(CSc2nc3ccccc3c(=O)n2CCCO)c1. The summed E-state index contributed by atoms with van der Waals surface area (Å²) in [5.41, 5.74) is 1.73. The largest absolute Gasteiger partial charge is 0.497 e. The maximum absolute atomic E-state index is 12.8. The van der Waals surface area contributed by atoms with Crippen LogP contribution in [0.15, 0.2) is 58.5 Å². The fourth-order valence-electron chi connectivity index (χ4n) is 2.59. The Morgan fingerprint density at radius 1 is 1.20 bits per heavy atom. The molecule has 0 unspecified atom stereocenters. The molecule has 0 saturated carbocycles. The lowest BCUT2D eigenvalue weighted by Gasteiger charge is -2.13. The van der Waals surface area contributed by atoms with Gasteiger partial charge in [-0.05, 0) is 36.2 Å². The van der Waals surface area contributed by atoms with Crippen molar-refractivity contribution in [3.8, 4) is 5.75 Å². The first kappa shape index (κ1) is 17.5. The Morgan fingerprint density at radius 2 is 2.04 bits per heavy atom. The standard InChI is InChI=1S/C19H20N2O3S/c1-24-15-7-4-6-14(12-15)13-25-19-20-17-9-3-2-8-16(17)18(23)21(19)10-5-11-22/h2-4,6-9,12,22H,5,10-11,13H2,1H3. The minimum atomic E-state index is -0.0628. The predicted octanol–water partition coefficient (Wildman–Crippen LogP) is 3.08. The van der Waals surface area contributed by atoms with Crippen LogP contribution in [0.5, 0.6) is 5.75 Å². The topological polar surface area (TPSA) is 64.3 Å². The molecule has 1 heterocycles. The molecule has 0 aliphatic heterocycles. The molecule has 3 rings (SSSR count). The first-order chi connectivity index (χ1) is 12.2. The second-order valence-electron chi connectivity index (χ2n) is 5.59. The number of methoxy groups -OCH3 is 1. The number of hydrogen-bond donors (Lipinski definition) is 1. The van der Waals surface area contributed by atoms with Gasteiger partial charge in [-0.3, -0.25) is 9.36 Å². The zero-order chi connectivity index (χ0) is 17.6. The van der Waals surface area contributed by atoms with Crippen molar-refractivity contribution in [1.82, 2.24) is 9.55 Å². The average molecular weight is 356 g/mol. The normalized spacial score (nSPS) is 11.0. The Kier molecular flexibility index (Phi) is 5.73. The van der Waals surface area contributed by atoms with Gasteiger partial charge in [0.2, 0.25) is 0 Å². The van der Waals surface area contributed by atoms with Crippen LogP contribution >= 0.6 is 11.8 Å². The van der Waals surface area contributed by atoms with Crippen molar-refractivity contribution in [3.05, 3.63) is 64.4 Å². The van der Waals surface area contributed by atoms with E-state index >= 15 is 0 Å². The van der Waals surface area contributed by atoms with Crippen molar-refractivity contribution in [2.75, 3.05) is 13.7 Å². The van der Waals surface area contributed by atoms with E-state index in [0.717, 1.165) is 11.3 Å². The van der Waals surface area contributed by atoms with Gasteiger partial charge in [-0.1, -0.05) is 36.0 Å². The molecular formula is C19H20N2O3S. The van der Waals surface area contributed by atoms with Gasteiger partial charge in [0.1, 0.15) is 5.75 Å². The number of aliphatic hydroxyl groups is 1. The summed E-state index contributed by atoms with van der Waals surface area (Å²) >= 11 is 1.51. The zero-order valence-corrected chi connectivity index (χ0v) is 14.8. The number of para-hydroxylation sites is 1. The minimum Gasteiger partial charge on any atom is -0.497 e. The average Bonchev–Trinajstić information content (AvgIpc) is 2.66. The molecule has 130 valence electrons. The molecule has 1 aromatic heterocycles. The Bertz CT molecular complexity index is 924. The molecule has 0 saturated heterocycles. The first-order valence-corrected chi connectivity index (χ1v) is 9.07. The molecule has 1 N–H and O–H groups in total. The van der Waals surface area contributed by atoms with Gasteiger partial charge in [-0.15, -0.1) is 0 Å². The second kappa shape index (κ2) is 8.18. The van der Waals surface area contributed by atoms with Gasteiger partial charge in [-0.25, -0.2) is 4.98 Å². The Hall–Kier alpha value is -2.31. The Labute approximate surface area is 150 Å². The summed E-state index contributed by atoms with van der Waals surface area (Å²) < 4.78 is 6.91. The van der Waals surface area contributed by atoms with E-state index in [4.69, 9.17) is 9.84 Å². The lowest BCUT2D eigenvalue weighted by molar-refractivity contribution is 0.276. The molecule has 0 amide bonds. The number of fused-ring (bicyclic) bond motifs is 1. The summed E-state index contributed by atoms with van der Waals surface area (Å²) in [6.45, 7) is 0.493. The quantitative estimate of drug-likeness (QED) is 0.521. The highest BCUT2D eigenvalue weighted by Crippen LogP contribution is 2.24. The van der Waals surface area contributed by atoms with Crippen LogP contribution in [0.2, 0.25) is 0 Å². The van der Waals surface area contributed by atoms with E-state index < -0.39 is 0 Å². The van der Waals surface area contributed by atoms with Crippen LogP contribution in [-0.4, -0.2) is 28.4 Å². The van der Waals surface area contributed by atoms with Gasteiger partial charge in [0, 0.05) is 18.9 Å². The van der Waals surface area contributed by atoms with Crippen LogP contribution in [0.3, 0.4) is 0 Å². The van der Waals surface area contributed by atoms with Crippen LogP contribution < -0.4 is 10.3 Å². The predicted molar refractivity (Wildman–Crippen MR) is 100 cm³/mol. The van der Waals surface area contributed by atoms with Crippen molar-refractivity contribution in [1.29, 1.82) is 0 Å². The molecule has 25 heavy (non-hydrogen) atoms. The van der Waals surface area contributed by atoms with E-state index in [1.807, 2.05) is 42.5 Å². The number of aromatic nitrogens is 2. The summed E-state index contributed by atoms with van der Waals surface area (Å²) in [5.74, 6) is 1.49. The fourth-order valence-corrected chi connectivity index (χ4v) is 3.56. The smallest absolute Gasteiger partial charge is 0.262 e. The van der Waals surface area contributed by atoms with Gasteiger partial charge in [0.25, 0.3) is 5.56 Å². The highest BCUT2D eigenvalue weighted by atomic mass is 32.2. The van der Waals surface area contributed by atoms with E-state index in [9.17, 15) is 4.79 Å². The summed E-state index contributed by atoms with van der Waals surface area (Å²) in [4.78, 5) is 17.4. The molecule has 0 bridgehead atoms. The molecule has 0 aliphatic carbocycles. The van der Waals surface area contributed by atoms with Crippen molar-refractivity contribution < 1.29 is 9.84 Å².